The Kier molecular flexibility index (Phi) is 4.48. The fraction of sp³-hybridized carbons (Fsp3) is 0.957. The van der Waals surface area contributed by atoms with Crippen LogP contribution in [0.2, 0.25) is 0 Å². The molecule has 0 spiro atoms. The first kappa shape index (κ1) is 17.9. The maximum atomic E-state index is 11.3. The summed E-state index contributed by atoms with van der Waals surface area (Å²) in [5.41, 5.74) is 1.03. The van der Waals surface area contributed by atoms with Gasteiger partial charge in [0.15, 0.2) is 0 Å². The standard InChI is InChI=1S/C23H38O2/c1-15(14-21(24)25)18-9-10-19-17-8-7-16-6-4-5-12-22(16,2)20(17)11-13-23(18,19)3/h15-20H,4-14H2,1-3H3,(H,24,25)/t15-,16+,17?,18-,19+,20?,22+,23-/m1/s1. The zero-order valence-corrected chi connectivity index (χ0v) is 16.6. The van der Waals surface area contributed by atoms with Crippen molar-refractivity contribution in [1.82, 2.24) is 0 Å². The molecule has 0 aliphatic heterocycles. The summed E-state index contributed by atoms with van der Waals surface area (Å²) in [6.45, 7) is 7.40. The molecule has 1 N–H and O–H groups in total. The number of hydrogen-bond acceptors (Lipinski definition) is 1. The van der Waals surface area contributed by atoms with Gasteiger partial charge in [-0.15, -0.1) is 0 Å². The minimum absolute atomic E-state index is 0.339. The Morgan fingerprint density at radius 1 is 0.960 bits per heavy atom. The van der Waals surface area contributed by atoms with Gasteiger partial charge in [-0.3, -0.25) is 4.79 Å². The lowest BCUT2D eigenvalue weighted by Crippen LogP contribution is -2.53. The molecule has 4 rings (SSSR count). The topological polar surface area (TPSA) is 37.3 Å². The van der Waals surface area contributed by atoms with Crippen molar-refractivity contribution in [2.24, 2.45) is 46.3 Å². The number of aliphatic carboxylic acids is 1. The highest BCUT2D eigenvalue weighted by atomic mass is 16.4. The van der Waals surface area contributed by atoms with Gasteiger partial charge in [0.25, 0.3) is 0 Å². The molecular weight excluding hydrogens is 308 g/mol. The molecule has 0 aromatic heterocycles. The smallest absolute Gasteiger partial charge is 0.303 e. The fourth-order valence-corrected chi connectivity index (χ4v) is 8.69. The van der Waals surface area contributed by atoms with Crippen molar-refractivity contribution in [1.29, 1.82) is 0 Å². The lowest BCUT2D eigenvalue weighted by molar-refractivity contribution is -0.139. The predicted octanol–water partition coefficient (Wildman–Crippen LogP) is 6.15. The van der Waals surface area contributed by atoms with E-state index in [-0.39, 0.29) is 0 Å². The maximum absolute atomic E-state index is 11.3. The molecule has 2 nitrogen and oxygen atoms in total. The molecule has 0 saturated heterocycles. The van der Waals surface area contributed by atoms with Crippen LogP contribution in [0.15, 0.2) is 0 Å². The van der Waals surface area contributed by atoms with Crippen LogP contribution < -0.4 is 0 Å². The minimum Gasteiger partial charge on any atom is -0.481 e. The quantitative estimate of drug-likeness (QED) is 0.666. The molecule has 2 heteroatoms. The first-order valence-electron chi connectivity index (χ1n) is 11.1. The van der Waals surface area contributed by atoms with E-state index < -0.39 is 5.97 Å². The van der Waals surface area contributed by atoms with Crippen molar-refractivity contribution >= 4 is 5.97 Å². The molecule has 2 unspecified atom stereocenters. The van der Waals surface area contributed by atoms with Crippen LogP contribution in [0.25, 0.3) is 0 Å². The van der Waals surface area contributed by atoms with Gasteiger partial charge in [0.05, 0.1) is 0 Å². The summed E-state index contributed by atoms with van der Waals surface area (Å²) in [4.78, 5) is 11.3. The monoisotopic (exact) mass is 346 g/mol. The molecule has 142 valence electrons. The van der Waals surface area contributed by atoms with Crippen molar-refractivity contribution in [3.63, 3.8) is 0 Å². The van der Waals surface area contributed by atoms with Crippen LogP contribution in [0.3, 0.4) is 0 Å². The summed E-state index contributed by atoms with van der Waals surface area (Å²) >= 11 is 0. The summed E-state index contributed by atoms with van der Waals surface area (Å²) in [6.07, 6.45) is 14.6. The van der Waals surface area contributed by atoms with Crippen LogP contribution in [0.4, 0.5) is 0 Å². The molecule has 4 saturated carbocycles. The summed E-state index contributed by atoms with van der Waals surface area (Å²) < 4.78 is 0. The first-order valence-corrected chi connectivity index (χ1v) is 11.1. The number of carboxylic acid groups (broad SMARTS) is 1. The van der Waals surface area contributed by atoms with E-state index in [4.69, 9.17) is 0 Å². The third-order valence-electron chi connectivity index (χ3n) is 9.84. The van der Waals surface area contributed by atoms with Gasteiger partial charge in [0.1, 0.15) is 0 Å². The van der Waals surface area contributed by atoms with Crippen molar-refractivity contribution < 1.29 is 9.90 Å². The van der Waals surface area contributed by atoms with Crippen molar-refractivity contribution in [2.45, 2.75) is 91.4 Å². The molecule has 4 aliphatic carbocycles. The summed E-state index contributed by atoms with van der Waals surface area (Å²) in [5, 5.41) is 9.27. The maximum Gasteiger partial charge on any atom is 0.303 e. The Bertz CT molecular complexity index is 528. The van der Waals surface area contributed by atoms with Crippen LogP contribution in [-0.4, -0.2) is 11.1 Å². The zero-order valence-electron chi connectivity index (χ0n) is 16.6. The second kappa shape index (κ2) is 6.27. The van der Waals surface area contributed by atoms with Gasteiger partial charge in [0.2, 0.25) is 0 Å². The van der Waals surface area contributed by atoms with Gasteiger partial charge in [-0.2, -0.15) is 0 Å². The molecule has 4 aliphatic rings. The molecule has 0 aromatic carbocycles. The van der Waals surface area contributed by atoms with Crippen LogP contribution >= 0.6 is 0 Å². The Balaban J connectivity index is 1.56. The van der Waals surface area contributed by atoms with Gasteiger partial charge < -0.3 is 5.11 Å². The Morgan fingerprint density at radius 3 is 2.48 bits per heavy atom. The van der Waals surface area contributed by atoms with Crippen molar-refractivity contribution in [3.8, 4) is 0 Å². The molecule has 8 atom stereocenters. The van der Waals surface area contributed by atoms with E-state index in [0.717, 1.165) is 23.7 Å². The van der Waals surface area contributed by atoms with E-state index in [1.54, 1.807) is 0 Å². The lowest BCUT2D eigenvalue weighted by atomic mass is 9.44. The summed E-state index contributed by atoms with van der Waals surface area (Å²) in [5.74, 6) is 4.11. The minimum atomic E-state index is -0.608. The highest BCUT2D eigenvalue weighted by Gasteiger charge is 2.60. The average molecular weight is 347 g/mol. The molecule has 0 heterocycles. The van der Waals surface area contributed by atoms with E-state index in [1.807, 2.05) is 0 Å². The normalized spacial score (nSPS) is 50.4. The van der Waals surface area contributed by atoms with E-state index in [2.05, 4.69) is 20.8 Å². The largest absolute Gasteiger partial charge is 0.481 e. The second-order valence-electron chi connectivity index (χ2n) is 10.7. The fourth-order valence-electron chi connectivity index (χ4n) is 8.69. The van der Waals surface area contributed by atoms with Gasteiger partial charge in [-0.1, -0.05) is 33.6 Å². The van der Waals surface area contributed by atoms with Crippen molar-refractivity contribution in [2.75, 3.05) is 0 Å². The first-order chi connectivity index (χ1) is 11.9. The molecule has 0 bridgehead atoms. The lowest BCUT2D eigenvalue weighted by Gasteiger charge is -2.60. The van der Waals surface area contributed by atoms with Crippen molar-refractivity contribution in [3.05, 3.63) is 0 Å². The number of carbonyl (C=O) groups is 1. The molecule has 0 aromatic rings. The summed E-state index contributed by atoms with van der Waals surface area (Å²) in [7, 11) is 0. The zero-order chi connectivity index (χ0) is 17.8. The molecule has 0 radical (unpaired) electrons. The molecule has 0 amide bonds. The van der Waals surface area contributed by atoms with Gasteiger partial charge in [-0.05, 0) is 97.7 Å². The van der Waals surface area contributed by atoms with Gasteiger partial charge >= 0.3 is 5.97 Å². The van der Waals surface area contributed by atoms with Crippen LogP contribution in [0.5, 0.6) is 0 Å². The third kappa shape index (κ3) is 2.69. The molecular formula is C23H38O2. The van der Waals surface area contributed by atoms with E-state index in [1.165, 1.54) is 64.2 Å². The molecule has 4 fully saturated rings. The number of hydrogen-bond donors (Lipinski definition) is 1. The van der Waals surface area contributed by atoms with Gasteiger partial charge in [0, 0.05) is 6.42 Å². The number of fused-ring (bicyclic) bond motifs is 5. The molecule has 25 heavy (non-hydrogen) atoms. The SMILES string of the molecule is C[C@H](CC(=O)O)[C@H]1CC[C@H]2C3CC[C@@H]4CCCC[C@]4(C)C3CC[C@]12C. The Labute approximate surface area is 154 Å². The third-order valence-corrected chi connectivity index (χ3v) is 9.84. The number of rotatable bonds is 3. The van der Waals surface area contributed by atoms with E-state index in [0.29, 0.717) is 29.1 Å². The van der Waals surface area contributed by atoms with Gasteiger partial charge in [-0.25, -0.2) is 0 Å². The van der Waals surface area contributed by atoms with Crippen LogP contribution in [0.1, 0.15) is 91.4 Å². The van der Waals surface area contributed by atoms with Crippen LogP contribution in [-0.2, 0) is 4.79 Å². The Hall–Kier alpha value is -0.530. The highest BCUT2D eigenvalue weighted by Crippen LogP contribution is 2.68. The predicted molar refractivity (Wildman–Crippen MR) is 101 cm³/mol. The summed E-state index contributed by atoms with van der Waals surface area (Å²) in [6, 6.07) is 0. The van der Waals surface area contributed by atoms with Crippen LogP contribution in [0, 0.1) is 46.3 Å². The highest BCUT2D eigenvalue weighted by molar-refractivity contribution is 5.67. The second-order valence-corrected chi connectivity index (χ2v) is 10.7. The number of carboxylic acids is 1. The average Bonchev–Trinajstić information content (AvgIpc) is 2.91. The Morgan fingerprint density at radius 2 is 1.72 bits per heavy atom. The van der Waals surface area contributed by atoms with E-state index >= 15 is 0 Å². The van der Waals surface area contributed by atoms with E-state index in [9.17, 15) is 9.90 Å².